The van der Waals surface area contributed by atoms with Gasteiger partial charge >= 0.3 is 0 Å². The molecule has 6 nitrogen and oxygen atoms in total. The largest absolute Gasteiger partial charge is 0.344 e. The van der Waals surface area contributed by atoms with Crippen molar-refractivity contribution in [1.29, 1.82) is 0 Å². The molecule has 144 valence electrons. The summed E-state index contributed by atoms with van der Waals surface area (Å²) < 4.78 is 1.68. The van der Waals surface area contributed by atoms with E-state index in [-0.39, 0.29) is 17.6 Å². The second-order valence-corrected chi connectivity index (χ2v) is 6.88. The van der Waals surface area contributed by atoms with E-state index in [2.05, 4.69) is 20.6 Å². The van der Waals surface area contributed by atoms with Crippen LogP contribution in [0.4, 0.5) is 0 Å². The van der Waals surface area contributed by atoms with Gasteiger partial charge in [0, 0.05) is 18.0 Å². The molecule has 0 aliphatic carbocycles. The summed E-state index contributed by atoms with van der Waals surface area (Å²) in [6.45, 7) is 3.97. The van der Waals surface area contributed by atoms with Crippen molar-refractivity contribution in [1.82, 2.24) is 25.3 Å². The van der Waals surface area contributed by atoms with Crippen LogP contribution in [0, 0.1) is 6.92 Å². The molecule has 4 aromatic rings. The summed E-state index contributed by atoms with van der Waals surface area (Å²) in [7, 11) is 0. The monoisotopic (exact) mass is 383 g/mol. The Morgan fingerprint density at radius 1 is 1.00 bits per heavy atom. The van der Waals surface area contributed by atoms with E-state index in [0.717, 1.165) is 22.4 Å². The smallest absolute Gasteiger partial charge is 0.274 e. The zero-order valence-corrected chi connectivity index (χ0v) is 16.3. The van der Waals surface area contributed by atoms with Crippen molar-refractivity contribution in [3.8, 4) is 16.9 Å². The molecule has 0 unspecified atom stereocenters. The predicted molar refractivity (Wildman–Crippen MR) is 112 cm³/mol. The second kappa shape index (κ2) is 8.06. The molecular weight excluding hydrogens is 362 g/mol. The highest BCUT2D eigenvalue weighted by Crippen LogP contribution is 2.25. The van der Waals surface area contributed by atoms with Gasteiger partial charge in [-0.1, -0.05) is 53.2 Å². The molecule has 0 aliphatic rings. The highest BCUT2D eigenvalue weighted by molar-refractivity contribution is 5.98. The second-order valence-electron chi connectivity index (χ2n) is 6.88. The quantitative estimate of drug-likeness (QED) is 0.562. The maximum Gasteiger partial charge on any atom is 0.274 e. The summed E-state index contributed by atoms with van der Waals surface area (Å²) in [6, 6.07) is 21.3. The van der Waals surface area contributed by atoms with E-state index >= 15 is 0 Å². The summed E-state index contributed by atoms with van der Waals surface area (Å²) in [5, 5.41) is 11.5. The number of aromatic nitrogens is 4. The molecule has 4 rings (SSSR count). The molecule has 0 spiro atoms. The SMILES string of the molecule is Cc1ccc(-n2nnc(C(=O)N[C@@H](C)c3ccccc3)c2-c2cccnc2)cc1. The van der Waals surface area contributed by atoms with Gasteiger partial charge in [0.15, 0.2) is 5.69 Å². The standard InChI is InChI=1S/C23H21N5O/c1-16-10-12-20(13-11-16)28-22(19-9-6-14-24-15-19)21(26-27-28)23(29)25-17(2)18-7-4-3-5-8-18/h3-15,17H,1-2H3,(H,25,29)/t17-/m0/s1. The predicted octanol–water partition coefficient (Wildman–Crippen LogP) is 4.13. The Morgan fingerprint density at radius 2 is 1.76 bits per heavy atom. The lowest BCUT2D eigenvalue weighted by molar-refractivity contribution is 0.0935. The zero-order chi connectivity index (χ0) is 20.2. The maximum atomic E-state index is 13.1. The average molecular weight is 383 g/mol. The molecule has 29 heavy (non-hydrogen) atoms. The zero-order valence-electron chi connectivity index (χ0n) is 16.3. The lowest BCUT2D eigenvalue weighted by Gasteiger charge is -2.14. The molecule has 1 amide bonds. The number of nitrogens with zero attached hydrogens (tertiary/aromatic N) is 4. The van der Waals surface area contributed by atoms with Crippen molar-refractivity contribution in [2.75, 3.05) is 0 Å². The minimum atomic E-state index is -0.279. The van der Waals surface area contributed by atoms with Crippen molar-refractivity contribution in [2.45, 2.75) is 19.9 Å². The first-order valence-corrected chi connectivity index (χ1v) is 9.42. The Kier molecular flexibility index (Phi) is 5.16. The third-order valence-corrected chi connectivity index (χ3v) is 4.75. The normalized spacial score (nSPS) is 11.8. The fraction of sp³-hybridized carbons (Fsp3) is 0.130. The van der Waals surface area contributed by atoms with Crippen LogP contribution < -0.4 is 5.32 Å². The first-order chi connectivity index (χ1) is 14.1. The van der Waals surface area contributed by atoms with Crippen LogP contribution in [0.15, 0.2) is 79.1 Å². The topological polar surface area (TPSA) is 72.7 Å². The molecule has 1 N–H and O–H groups in total. The Bertz CT molecular complexity index is 1110. The molecule has 0 saturated carbocycles. The van der Waals surface area contributed by atoms with Gasteiger partial charge in [-0.15, -0.1) is 5.10 Å². The summed E-state index contributed by atoms with van der Waals surface area (Å²) in [4.78, 5) is 17.3. The number of nitrogens with one attached hydrogen (secondary N) is 1. The minimum absolute atomic E-state index is 0.157. The van der Waals surface area contributed by atoms with E-state index in [4.69, 9.17) is 0 Å². The van der Waals surface area contributed by atoms with Gasteiger partial charge in [-0.25, -0.2) is 4.68 Å². The Hall–Kier alpha value is -3.80. The van der Waals surface area contributed by atoms with Crippen molar-refractivity contribution in [2.24, 2.45) is 0 Å². The van der Waals surface area contributed by atoms with Gasteiger partial charge < -0.3 is 5.32 Å². The Labute approximate surface area is 169 Å². The van der Waals surface area contributed by atoms with Crippen molar-refractivity contribution >= 4 is 5.91 Å². The number of benzene rings is 2. The molecule has 2 heterocycles. The van der Waals surface area contributed by atoms with E-state index in [1.165, 1.54) is 0 Å². The van der Waals surface area contributed by atoms with Crippen LogP contribution in [0.1, 0.15) is 34.6 Å². The van der Waals surface area contributed by atoms with Gasteiger partial charge in [0.05, 0.1) is 11.7 Å². The number of carbonyl (C=O) groups excluding carboxylic acids is 1. The van der Waals surface area contributed by atoms with Crippen LogP contribution >= 0.6 is 0 Å². The maximum absolute atomic E-state index is 13.1. The Morgan fingerprint density at radius 3 is 2.45 bits per heavy atom. The fourth-order valence-corrected chi connectivity index (χ4v) is 3.15. The minimum Gasteiger partial charge on any atom is -0.344 e. The molecule has 0 bridgehead atoms. The van der Waals surface area contributed by atoms with Crippen molar-refractivity contribution in [3.63, 3.8) is 0 Å². The van der Waals surface area contributed by atoms with Gasteiger partial charge in [0.25, 0.3) is 5.91 Å². The number of pyridine rings is 1. The molecular formula is C23H21N5O. The first-order valence-electron chi connectivity index (χ1n) is 9.42. The van der Waals surface area contributed by atoms with Crippen LogP contribution in [0.5, 0.6) is 0 Å². The average Bonchev–Trinajstić information content (AvgIpc) is 3.21. The number of hydrogen-bond donors (Lipinski definition) is 1. The van der Waals surface area contributed by atoms with Crippen LogP contribution in [-0.4, -0.2) is 25.9 Å². The third kappa shape index (κ3) is 3.91. The third-order valence-electron chi connectivity index (χ3n) is 4.75. The van der Waals surface area contributed by atoms with Crippen LogP contribution in [-0.2, 0) is 0 Å². The molecule has 0 aliphatic heterocycles. The first kappa shape index (κ1) is 18.6. The van der Waals surface area contributed by atoms with Crippen LogP contribution in [0.2, 0.25) is 0 Å². The van der Waals surface area contributed by atoms with Crippen LogP contribution in [0.25, 0.3) is 16.9 Å². The van der Waals surface area contributed by atoms with E-state index in [9.17, 15) is 4.79 Å². The van der Waals surface area contributed by atoms with E-state index < -0.39 is 0 Å². The van der Waals surface area contributed by atoms with Gasteiger partial charge in [0.2, 0.25) is 0 Å². The fourth-order valence-electron chi connectivity index (χ4n) is 3.15. The van der Waals surface area contributed by atoms with E-state index in [0.29, 0.717) is 5.69 Å². The summed E-state index contributed by atoms with van der Waals surface area (Å²) >= 11 is 0. The number of carbonyl (C=O) groups is 1. The molecule has 2 aromatic heterocycles. The van der Waals surface area contributed by atoms with Gasteiger partial charge in [-0.3, -0.25) is 9.78 Å². The number of aryl methyl sites for hydroxylation is 1. The molecule has 0 saturated heterocycles. The van der Waals surface area contributed by atoms with Crippen molar-refractivity contribution in [3.05, 3.63) is 95.9 Å². The molecule has 6 heteroatoms. The number of hydrogen-bond acceptors (Lipinski definition) is 4. The van der Waals surface area contributed by atoms with Crippen LogP contribution in [0.3, 0.4) is 0 Å². The van der Waals surface area contributed by atoms with Gasteiger partial charge in [-0.05, 0) is 43.7 Å². The Balaban J connectivity index is 1.73. The van der Waals surface area contributed by atoms with Crippen molar-refractivity contribution < 1.29 is 4.79 Å². The summed E-state index contributed by atoms with van der Waals surface area (Å²) in [5.41, 5.74) is 4.65. The molecule has 2 aromatic carbocycles. The number of rotatable bonds is 5. The molecule has 0 radical (unpaired) electrons. The lowest BCUT2D eigenvalue weighted by Crippen LogP contribution is -2.27. The molecule has 0 fully saturated rings. The molecule has 1 atom stereocenters. The van der Waals surface area contributed by atoms with E-state index in [1.54, 1.807) is 17.1 Å². The van der Waals surface area contributed by atoms with Gasteiger partial charge in [-0.2, -0.15) is 0 Å². The highest BCUT2D eigenvalue weighted by Gasteiger charge is 2.23. The van der Waals surface area contributed by atoms with Gasteiger partial charge in [0.1, 0.15) is 5.69 Å². The summed E-state index contributed by atoms with van der Waals surface area (Å²) in [5.74, 6) is -0.279. The van der Waals surface area contributed by atoms with E-state index in [1.807, 2.05) is 80.6 Å². The summed E-state index contributed by atoms with van der Waals surface area (Å²) in [6.07, 6.45) is 3.40. The lowest BCUT2D eigenvalue weighted by atomic mass is 10.1. The highest BCUT2D eigenvalue weighted by atomic mass is 16.2. The number of amides is 1.